The van der Waals surface area contributed by atoms with E-state index < -0.39 is 4.92 Å². The highest BCUT2D eigenvalue weighted by Crippen LogP contribution is 2.25. The van der Waals surface area contributed by atoms with Crippen LogP contribution in [0.4, 0.5) is 11.4 Å². The second-order valence-corrected chi connectivity index (χ2v) is 6.17. The fourth-order valence-corrected chi connectivity index (χ4v) is 3.08. The van der Waals surface area contributed by atoms with E-state index in [4.69, 9.17) is 0 Å². The summed E-state index contributed by atoms with van der Waals surface area (Å²) in [5.74, 6) is 0. The minimum absolute atomic E-state index is 0.0463. The number of nitrogens with zero attached hydrogens (tertiary/aromatic N) is 4. The molecule has 0 aliphatic carbocycles. The van der Waals surface area contributed by atoms with Gasteiger partial charge in [-0.15, -0.1) is 0 Å². The molecule has 26 heavy (non-hydrogen) atoms. The van der Waals surface area contributed by atoms with Crippen molar-refractivity contribution in [3.63, 3.8) is 0 Å². The van der Waals surface area contributed by atoms with Crippen LogP contribution in [0.2, 0.25) is 0 Å². The molecule has 0 unspecified atom stereocenters. The first-order valence-electron chi connectivity index (χ1n) is 8.55. The van der Waals surface area contributed by atoms with Gasteiger partial charge in [0.15, 0.2) is 0 Å². The molecule has 0 saturated carbocycles. The monoisotopic (exact) mass is 348 g/mol. The highest BCUT2D eigenvalue weighted by Gasteiger charge is 2.20. The largest absolute Gasteiger partial charge is 0.368 e. The van der Waals surface area contributed by atoms with E-state index in [1.165, 1.54) is 17.7 Å². The third-order valence-corrected chi connectivity index (χ3v) is 4.50. The van der Waals surface area contributed by atoms with Crippen LogP contribution in [0.25, 0.3) is 6.08 Å². The molecular weight excluding hydrogens is 328 g/mol. The van der Waals surface area contributed by atoms with E-state index in [0.717, 1.165) is 38.4 Å². The minimum Gasteiger partial charge on any atom is -0.368 e. The number of nitriles is 1. The van der Waals surface area contributed by atoms with Crippen LogP contribution in [0.15, 0.2) is 54.6 Å². The molecule has 0 aromatic heterocycles. The van der Waals surface area contributed by atoms with Gasteiger partial charge < -0.3 is 4.90 Å². The highest BCUT2D eigenvalue weighted by molar-refractivity contribution is 5.63. The maximum Gasteiger partial charge on any atom is 0.270 e. The Morgan fingerprint density at radius 3 is 2.50 bits per heavy atom. The molecule has 132 valence electrons. The Kier molecular flexibility index (Phi) is 5.62. The number of benzene rings is 2. The maximum absolute atomic E-state index is 10.9. The van der Waals surface area contributed by atoms with Crippen molar-refractivity contribution < 1.29 is 4.92 Å². The summed E-state index contributed by atoms with van der Waals surface area (Å²) in [5, 5.41) is 20.2. The number of anilines is 1. The molecule has 1 heterocycles. The third kappa shape index (κ3) is 4.26. The molecule has 0 bridgehead atoms. The summed E-state index contributed by atoms with van der Waals surface area (Å²) in [7, 11) is 0. The van der Waals surface area contributed by atoms with Crippen molar-refractivity contribution >= 4 is 17.5 Å². The van der Waals surface area contributed by atoms with Crippen LogP contribution in [0.5, 0.6) is 0 Å². The summed E-state index contributed by atoms with van der Waals surface area (Å²) in [6.45, 7) is 4.26. The Morgan fingerprint density at radius 1 is 1.12 bits per heavy atom. The van der Waals surface area contributed by atoms with E-state index in [9.17, 15) is 15.4 Å². The lowest BCUT2D eigenvalue weighted by Crippen LogP contribution is -2.46. The van der Waals surface area contributed by atoms with Crippen LogP contribution < -0.4 is 4.90 Å². The van der Waals surface area contributed by atoms with Crippen molar-refractivity contribution in [1.29, 1.82) is 5.26 Å². The second-order valence-electron chi connectivity index (χ2n) is 6.17. The van der Waals surface area contributed by atoms with Crippen LogP contribution in [0.1, 0.15) is 11.1 Å². The standard InChI is InChI=1S/C20H20N4O2/c21-16-18-15-19(24(25)26)8-9-20(18)23-13-11-22(12-14-23)10-4-7-17-5-2-1-3-6-17/h1-9,15H,10-14H2. The lowest BCUT2D eigenvalue weighted by atomic mass is 10.1. The smallest absolute Gasteiger partial charge is 0.270 e. The third-order valence-electron chi connectivity index (χ3n) is 4.50. The molecule has 3 rings (SSSR count). The average Bonchev–Trinajstić information content (AvgIpc) is 2.69. The number of nitro groups is 1. The molecule has 6 nitrogen and oxygen atoms in total. The van der Waals surface area contributed by atoms with Gasteiger partial charge in [0.1, 0.15) is 6.07 Å². The lowest BCUT2D eigenvalue weighted by molar-refractivity contribution is -0.384. The minimum atomic E-state index is -0.471. The number of nitro benzene ring substituents is 1. The fourth-order valence-electron chi connectivity index (χ4n) is 3.08. The van der Waals surface area contributed by atoms with Crippen molar-refractivity contribution in [2.45, 2.75) is 0 Å². The number of non-ortho nitro benzene ring substituents is 1. The molecule has 0 N–H and O–H groups in total. The first-order valence-corrected chi connectivity index (χ1v) is 8.55. The van der Waals surface area contributed by atoms with Crippen molar-refractivity contribution in [2.75, 3.05) is 37.6 Å². The van der Waals surface area contributed by atoms with Gasteiger partial charge in [0, 0.05) is 44.9 Å². The van der Waals surface area contributed by atoms with Crippen LogP contribution >= 0.6 is 0 Å². The van der Waals surface area contributed by atoms with Gasteiger partial charge in [-0.2, -0.15) is 5.26 Å². The van der Waals surface area contributed by atoms with Crippen LogP contribution in [0.3, 0.4) is 0 Å². The molecule has 1 saturated heterocycles. The van der Waals surface area contributed by atoms with Gasteiger partial charge in [-0.1, -0.05) is 42.5 Å². The Hall–Kier alpha value is -3.17. The normalized spacial score (nSPS) is 15.1. The molecule has 6 heteroatoms. The van der Waals surface area contributed by atoms with Crippen molar-refractivity contribution in [3.05, 3.63) is 75.8 Å². The Bertz CT molecular complexity index is 835. The van der Waals surface area contributed by atoms with Gasteiger partial charge in [-0.05, 0) is 11.6 Å². The number of rotatable bonds is 5. The molecule has 0 spiro atoms. The van der Waals surface area contributed by atoms with E-state index in [0.29, 0.717) is 5.56 Å². The molecule has 0 radical (unpaired) electrons. The van der Waals surface area contributed by atoms with Crippen LogP contribution in [-0.4, -0.2) is 42.5 Å². The second kappa shape index (κ2) is 8.28. The van der Waals surface area contributed by atoms with Crippen LogP contribution in [-0.2, 0) is 0 Å². The summed E-state index contributed by atoms with van der Waals surface area (Å²) >= 11 is 0. The summed E-state index contributed by atoms with van der Waals surface area (Å²) in [5.41, 5.74) is 2.28. The lowest BCUT2D eigenvalue weighted by Gasteiger charge is -2.35. The van der Waals surface area contributed by atoms with Crippen LogP contribution in [0, 0.1) is 21.4 Å². The molecule has 0 atom stereocenters. The van der Waals surface area contributed by atoms with Gasteiger partial charge in [-0.3, -0.25) is 15.0 Å². The van der Waals surface area contributed by atoms with E-state index in [1.807, 2.05) is 18.2 Å². The van der Waals surface area contributed by atoms with E-state index in [1.54, 1.807) is 6.07 Å². The van der Waals surface area contributed by atoms with E-state index in [2.05, 4.69) is 40.2 Å². The van der Waals surface area contributed by atoms with Gasteiger partial charge >= 0.3 is 0 Å². The van der Waals surface area contributed by atoms with Gasteiger partial charge in [0.2, 0.25) is 0 Å². The number of hydrogen-bond acceptors (Lipinski definition) is 5. The quantitative estimate of drug-likeness (QED) is 0.612. The molecule has 1 aliphatic heterocycles. The topological polar surface area (TPSA) is 73.4 Å². The van der Waals surface area contributed by atoms with E-state index >= 15 is 0 Å². The molecule has 1 aliphatic rings. The van der Waals surface area contributed by atoms with Gasteiger partial charge in [-0.25, -0.2) is 0 Å². The fraction of sp³-hybridized carbons (Fsp3) is 0.250. The summed E-state index contributed by atoms with van der Waals surface area (Å²) in [6.07, 6.45) is 4.29. The zero-order chi connectivity index (χ0) is 18.4. The van der Waals surface area contributed by atoms with Gasteiger partial charge in [0.05, 0.1) is 16.2 Å². The Labute approximate surface area is 152 Å². The first-order chi connectivity index (χ1) is 12.7. The number of piperazine rings is 1. The summed E-state index contributed by atoms with van der Waals surface area (Å²) in [6, 6.07) is 16.8. The SMILES string of the molecule is N#Cc1cc([N+](=O)[O-])ccc1N1CCN(CC=Cc2ccccc2)CC1. The average molecular weight is 348 g/mol. The Balaban J connectivity index is 1.58. The molecule has 2 aromatic rings. The predicted molar refractivity (Wildman–Crippen MR) is 102 cm³/mol. The summed E-state index contributed by atoms with van der Waals surface area (Å²) in [4.78, 5) is 14.9. The van der Waals surface area contributed by atoms with E-state index in [-0.39, 0.29) is 5.69 Å². The molecule has 1 fully saturated rings. The number of hydrogen-bond donors (Lipinski definition) is 0. The Morgan fingerprint density at radius 2 is 1.85 bits per heavy atom. The van der Waals surface area contributed by atoms with Crippen molar-refractivity contribution in [3.8, 4) is 6.07 Å². The zero-order valence-corrected chi connectivity index (χ0v) is 14.4. The molecule has 0 amide bonds. The van der Waals surface area contributed by atoms with Crippen molar-refractivity contribution in [1.82, 2.24) is 4.90 Å². The highest BCUT2D eigenvalue weighted by atomic mass is 16.6. The predicted octanol–water partition coefficient (Wildman–Crippen LogP) is 3.30. The van der Waals surface area contributed by atoms with Crippen molar-refractivity contribution in [2.24, 2.45) is 0 Å². The maximum atomic E-state index is 10.9. The summed E-state index contributed by atoms with van der Waals surface area (Å²) < 4.78 is 0. The van der Waals surface area contributed by atoms with Gasteiger partial charge in [0.25, 0.3) is 5.69 Å². The first kappa shape index (κ1) is 17.6. The molecular formula is C20H20N4O2. The molecule has 2 aromatic carbocycles. The zero-order valence-electron chi connectivity index (χ0n) is 14.4.